The normalized spacial score (nSPS) is 15.8. The van der Waals surface area contributed by atoms with Crippen molar-refractivity contribution in [1.82, 2.24) is 4.90 Å². The summed E-state index contributed by atoms with van der Waals surface area (Å²) in [5.74, 6) is 0.476. The highest BCUT2D eigenvalue weighted by molar-refractivity contribution is 5.91. The Balaban J connectivity index is 0.00000288. The maximum absolute atomic E-state index is 12.2. The minimum atomic E-state index is -0.427. The number of likely N-dealkylation sites (tertiary alicyclic amines) is 1. The smallest absolute Gasteiger partial charge is 0.414 e. The highest BCUT2D eigenvalue weighted by atomic mass is 127. The molecule has 134 valence electrons. The molecule has 1 heterocycles. The number of halogens is 1. The minimum Gasteiger partial charge on any atom is -1.00 e. The molecule has 6 nitrogen and oxygen atoms in total. The van der Waals surface area contributed by atoms with Gasteiger partial charge in [0.25, 0.3) is 5.91 Å². The second-order valence-electron chi connectivity index (χ2n) is 6.62. The molecule has 0 aliphatic carbocycles. The van der Waals surface area contributed by atoms with Gasteiger partial charge in [-0.05, 0) is 43.5 Å². The lowest BCUT2D eigenvalue weighted by Crippen LogP contribution is -3.00. The molecule has 7 heteroatoms. The lowest BCUT2D eigenvalue weighted by Gasteiger charge is -2.37. The molecule has 0 aromatic heterocycles. The minimum absolute atomic E-state index is 0. The van der Waals surface area contributed by atoms with Gasteiger partial charge in [0.05, 0.1) is 20.1 Å². The van der Waals surface area contributed by atoms with Crippen LogP contribution in [-0.4, -0.2) is 62.2 Å². The van der Waals surface area contributed by atoms with Gasteiger partial charge in [-0.25, -0.2) is 4.79 Å². The van der Waals surface area contributed by atoms with Gasteiger partial charge in [-0.3, -0.25) is 4.79 Å². The van der Waals surface area contributed by atoms with E-state index in [1.807, 2.05) is 0 Å². The lowest BCUT2D eigenvalue weighted by atomic mass is 10.1. The van der Waals surface area contributed by atoms with Crippen LogP contribution in [-0.2, 0) is 4.79 Å². The van der Waals surface area contributed by atoms with Crippen molar-refractivity contribution in [3.63, 3.8) is 0 Å². The summed E-state index contributed by atoms with van der Waals surface area (Å²) in [6, 6.07) is 6.83. The van der Waals surface area contributed by atoms with E-state index in [1.165, 1.54) is 24.2 Å². The zero-order valence-electron chi connectivity index (χ0n) is 14.5. The van der Waals surface area contributed by atoms with Crippen molar-refractivity contribution in [1.29, 1.82) is 0 Å². The van der Waals surface area contributed by atoms with Crippen molar-refractivity contribution in [2.45, 2.75) is 19.3 Å². The third kappa shape index (κ3) is 6.27. The maximum Gasteiger partial charge on any atom is 0.414 e. The molecule has 1 saturated heterocycles. The van der Waals surface area contributed by atoms with Crippen molar-refractivity contribution in [3.8, 4) is 5.75 Å². The van der Waals surface area contributed by atoms with Crippen LogP contribution in [0.3, 0.4) is 0 Å². The third-order valence-corrected chi connectivity index (χ3v) is 4.13. The number of benzene rings is 1. The molecule has 2 rings (SSSR count). The molecular formula is C17H26IN3O3. The first-order valence-electron chi connectivity index (χ1n) is 8.01. The van der Waals surface area contributed by atoms with Crippen molar-refractivity contribution >= 4 is 17.7 Å². The molecule has 1 fully saturated rings. The molecule has 2 amide bonds. The van der Waals surface area contributed by atoms with Gasteiger partial charge in [0.15, 0.2) is 6.54 Å². The maximum atomic E-state index is 12.2. The van der Waals surface area contributed by atoms with Crippen LogP contribution in [0.1, 0.15) is 19.3 Å². The number of hydrogen-bond donors (Lipinski definition) is 1. The second-order valence-corrected chi connectivity index (χ2v) is 6.62. The van der Waals surface area contributed by atoms with E-state index in [9.17, 15) is 9.59 Å². The second kappa shape index (κ2) is 9.22. The molecule has 1 N–H and O–H groups in total. The molecule has 1 aliphatic heterocycles. The number of nitrogens with one attached hydrogen (secondary N) is 1. The first-order chi connectivity index (χ1) is 10.9. The Morgan fingerprint density at radius 2 is 1.71 bits per heavy atom. The predicted molar refractivity (Wildman–Crippen MR) is 89.4 cm³/mol. The van der Waals surface area contributed by atoms with Crippen LogP contribution in [0.4, 0.5) is 10.5 Å². The number of carbonyl (C=O) groups excluding carboxylic acids is 2. The van der Waals surface area contributed by atoms with Crippen molar-refractivity contribution in [2.75, 3.05) is 46.1 Å². The zero-order valence-corrected chi connectivity index (χ0v) is 16.7. The fourth-order valence-corrected chi connectivity index (χ4v) is 2.78. The highest BCUT2D eigenvalue weighted by Crippen LogP contribution is 2.18. The molecule has 24 heavy (non-hydrogen) atoms. The fraction of sp³-hybridized carbons (Fsp3) is 0.529. The molecule has 1 aliphatic rings. The number of amides is 2. The van der Waals surface area contributed by atoms with Crippen LogP contribution < -0.4 is 34.0 Å². The van der Waals surface area contributed by atoms with Gasteiger partial charge in [-0.2, -0.15) is 0 Å². The Morgan fingerprint density at radius 3 is 2.25 bits per heavy atom. The molecular weight excluding hydrogens is 421 g/mol. The number of rotatable bonds is 4. The summed E-state index contributed by atoms with van der Waals surface area (Å²) in [6.07, 6.45) is 3.22. The number of hydrogen-bond acceptors (Lipinski definition) is 3. The molecule has 0 unspecified atom stereocenters. The van der Waals surface area contributed by atoms with E-state index in [1.54, 1.807) is 38.4 Å². The summed E-state index contributed by atoms with van der Waals surface area (Å²) >= 11 is 0. The number of carbonyl (C=O) groups is 2. The Bertz CT molecular complexity index is 555. The molecule has 0 atom stereocenters. The first-order valence-corrected chi connectivity index (χ1v) is 8.01. The molecule has 0 spiro atoms. The quantitative estimate of drug-likeness (QED) is 0.492. The number of anilines is 1. The number of piperidine rings is 1. The van der Waals surface area contributed by atoms with Crippen LogP contribution in [0.5, 0.6) is 5.75 Å². The average Bonchev–Trinajstić information content (AvgIpc) is 2.49. The summed E-state index contributed by atoms with van der Waals surface area (Å²) in [6.45, 7) is 2.62. The van der Waals surface area contributed by atoms with Gasteiger partial charge in [0, 0.05) is 19.8 Å². The molecule has 0 radical (unpaired) electrons. The van der Waals surface area contributed by atoms with Gasteiger partial charge >= 0.3 is 6.09 Å². The lowest BCUT2D eigenvalue weighted by molar-refractivity contribution is -0.906. The van der Waals surface area contributed by atoms with Crippen LogP contribution in [0.25, 0.3) is 0 Å². The van der Waals surface area contributed by atoms with Crippen LogP contribution in [0.2, 0.25) is 0 Å². The first kappa shape index (κ1) is 20.7. The number of likely N-dealkylation sites (N-methyl/N-ethyl adjacent to an activating group) is 1. The van der Waals surface area contributed by atoms with Gasteiger partial charge in [-0.15, -0.1) is 0 Å². The summed E-state index contributed by atoms with van der Waals surface area (Å²) in [7, 11) is 5.39. The molecule has 1 aromatic carbocycles. The van der Waals surface area contributed by atoms with Gasteiger partial charge in [-0.1, -0.05) is 0 Å². The van der Waals surface area contributed by atoms with Gasteiger partial charge < -0.3 is 43.4 Å². The zero-order chi connectivity index (χ0) is 16.9. The fourth-order valence-electron chi connectivity index (χ4n) is 2.78. The van der Waals surface area contributed by atoms with Crippen molar-refractivity contribution in [2.24, 2.45) is 0 Å². The Morgan fingerprint density at radius 1 is 1.12 bits per heavy atom. The number of nitrogens with zero attached hydrogens (tertiary/aromatic N) is 2. The van der Waals surface area contributed by atoms with E-state index in [-0.39, 0.29) is 29.9 Å². The monoisotopic (exact) mass is 447 g/mol. The van der Waals surface area contributed by atoms with Gasteiger partial charge in [0.1, 0.15) is 5.75 Å². The number of quaternary nitrogens is 1. The predicted octanol–water partition coefficient (Wildman–Crippen LogP) is -0.680. The van der Waals surface area contributed by atoms with E-state index >= 15 is 0 Å². The van der Waals surface area contributed by atoms with Gasteiger partial charge in [0.2, 0.25) is 0 Å². The van der Waals surface area contributed by atoms with Crippen LogP contribution >= 0.6 is 0 Å². The van der Waals surface area contributed by atoms with Crippen molar-refractivity contribution < 1.29 is 42.8 Å². The summed E-state index contributed by atoms with van der Waals surface area (Å²) < 4.78 is 5.95. The molecule has 1 aromatic rings. The van der Waals surface area contributed by atoms with Crippen LogP contribution in [0.15, 0.2) is 24.3 Å². The summed E-state index contributed by atoms with van der Waals surface area (Å²) in [4.78, 5) is 25.0. The SMILES string of the molecule is CN(C)C(=O)Oc1ccc(NC(=O)C[N+]2(C)CCCCC2)cc1.[I-]. The highest BCUT2D eigenvalue weighted by Gasteiger charge is 2.27. The largest absolute Gasteiger partial charge is 1.00 e. The van der Waals surface area contributed by atoms with E-state index in [2.05, 4.69) is 12.4 Å². The standard InChI is InChI=1S/C17H25N3O3.HI/c1-19(2)17(22)23-15-9-7-14(8-10-15)18-16(21)13-20(3)11-5-4-6-12-20;/h7-10H,4-6,11-13H2,1-3H3;1H. The Hall–Kier alpha value is -1.35. The van der Waals surface area contributed by atoms with E-state index in [0.29, 0.717) is 18.0 Å². The molecule has 0 bridgehead atoms. The van der Waals surface area contributed by atoms with E-state index in [0.717, 1.165) is 17.6 Å². The Labute approximate surface area is 160 Å². The van der Waals surface area contributed by atoms with E-state index < -0.39 is 6.09 Å². The topological polar surface area (TPSA) is 58.6 Å². The summed E-state index contributed by atoms with van der Waals surface area (Å²) in [5.41, 5.74) is 0.711. The number of ether oxygens (including phenoxy) is 1. The molecule has 0 saturated carbocycles. The third-order valence-electron chi connectivity index (χ3n) is 4.13. The Kier molecular flexibility index (Phi) is 7.95. The summed E-state index contributed by atoms with van der Waals surface area (Å²) in [5, 5.41) is 2.91. The van der Waals surface area contributed by atoms with Crippen LogP contribution in [0, 0.1) is 0 Å². The van der Waals surface area contributed by atoms with E-state index in [4.69, 9.17) is 4.74 Å². The average molecular weight is 447 g/mol. The van der Waals surface area contributed by atoms with Crippen molar-refractivity contribution in [3.05, 3.63) is 24.3 Å².